The molecule has 5 nitrogen and oxygen atoms in total. The molecule has 0 aliphatic heterocycles. The fourth-order valence-corrected chi connectivity index (χ4v) is 0.911. The Hall–Kier alpha value is -0.611. The van der Waals surface area contributed by atoms with Crippen LogP contribution in [0.3, 0.4) is 0 Å². The molecule has 0 aliphatic rings. The van der Waals surface area contributed by atoms with Gasteiger partial charge in [0.15, 0.2) is 0 Å². The number of hydrogen-bond donors (Lipinski definition) is 1. The molecule has 0 aromatic rings. The summed E-state index contributed by atoms with van der Waals surface area (Å²) in [5.74, 6) is -1.67. The van der Waals surface area contributed by atoms with Gasteiger partial charge in [-0.1, -0.05) is 6.92 Å². The summed E-state index contributed by atoms with van der Waals surface area (Å²) >= 11 is 0. The molecule has 0 aromatic heterocycles. The van der Waals surface area contributed by atoms with Gasteiger partial charge >= 0.3 is 23.0 Å². The molecule has 13 heavy (non-hydrogen) atoms. The molecule has 79 valence electrons. The molecule has 0 aromatic carbocycles. The van der Waals surface area contributed by atoms with Gasteiger partial charge in [-0.15, -0.1) is 0 Å². The van der Waals surface area contributed by atoms with E-state index in [1.165, 1.54) is 20.8 Å². The van der Waals surface area contributed by atoms with Crippen molar-refractivity contribution < 1.29 is 31.9 Å². The largest absolute Gasteiger partial charge is 2.00 e. The van der Waals surface area contributed by atoms with Crippen molar-refractivity contribution in [2.75, 3.05) is 0 Å². The molecule has 0 aliphatic carbocycles. The molecule has 0 amide bonds. The van der Waals surface area contributed by atoms with Gasteiger partial charge in [0, 0.05) is 25.2 Å². The van der Waals surface area contributed by atoms with Gasteiger partial charge in [-0.3, -0.25) is 14.9 Å². The molecule has 1 radical (unpaired) electrons. The SMILES string of the molecule is CC(CC(C)(C)[N+](=O)[O-])C(=O)O.[Cu+2]. The Bertz CT molecular complexity index is 205. The third-order valence-electron chi connectivity index (χ3n) is 1.72. The number of carboxylic acid groups (broad SMARTS) is 1. The van der Waals surface area contributed by atoms with Gasteiger partial charge in [-0.25, -0.2) is 0 Å². The van der Waals surface area contributed by atoms with Gasteiger partial charge in [0.25, 0.3) is 0 Å². The van der Waals surface area contributed by atoms with E-state index in [-0.39, 0.29) is 23.5 Å². The third kappa shape index (κ3) is 4.85. The molecule has 1 N–H and O–H groups in total. The topological polar surface area (TPSA) is 80.4 Å². The number of carboxylic acids is 1. The molecule has 0 spiro atoms. The van der Waals surface area contributed by atoms with Gasteiger partial charge in [0.2, 0.25) is 5.54 Å². The van der Waals surface area contributed by atoms with Crippen LogP contribution >= 0.6 is 0 Å². The molecule has 1 unspecified atom stereocenters. The van der Waals surface area contributed by atoms with Crippen LogP contribution in [0.5, 0.6) is 0 Å². The minimum absolute atomic E-state index is 0. The smallest absolute Gasteiger partial charge is 0.481 e. The van der Waals surface area contributed by atoms with E-state index in [4.69, 9.17) is 5.11 Å². The van der Waals surface area contributed by atoms with E-state index in [2.05, 4.69) is 0 Å². The number of carbonyl (C=O) groups is 1. The standard InChI is InChI=1S/C7H13NO4.Cu/c1-5(6(9)10)4-7(2,3)8(11)12;/h5H,4H2,1-3H3,(H,9,10);/q;+2. The molecule has 0 heterocycles. The van der Waals surface area contributed by atoms with E-state index in [1.54, 1.807) is 0 Å². The van der Waals surface area contributed by atoms with Crippen molar-refractivity contribution in [3.63, 3.8) is 0 Å². The summed E-state index contributed by atoms with van der Waals surface area (Å²) in [5, 5.41) is 18.9. The Balaban J connectivity index is 0. The number of nitro groups is 1. The summed E-state index contributed by atoms with van der Waals surface area (Å²) < 4.78 is 0. The van der Waals surface area contributed by atoms with Gasteiger partial charge in [-0.05, 0) is 0 Å². The van der Waals surface area contributed by atoms with E-state index in [0.717, 1.165) is 0 Å². The average Bonchev–Trinajstić information content (AvgIpc) is 1.85. The number of aliphatic carboxylic acids is 1. The molecule has 0 rings (SSSR count). The van der Waals surface area contributed by atoms with Crippen molar-refractivity contribution in [1.29, 1.82) is 0 Å². The minimum atomic E-state index is -1.15. The Kier molecular flexibility index (Phi) is 5.95. The van der Waals surface area contributed by atoms with Crippen molar-refractivity contribution in [3.8, 4) is 0 Å². The quantitative estimate of drug-likeness (QED) is 0.453. The van der Waals surface area contributed by atoms with Crippen LogP contribution in [0, 0.1) is 16.0 Å². The fourth-order valence-electron chi connectivity index (χ4n) is 0.911. The monoisotopic (exact) mass is 238 g/mol. The maximum absolute atomic E-state index is 10.4. The van der Waals surface area contributed by atoms with Crippen LogP contribution < -0.4 is 0 Å². The Morgan fingerprint density at radius 2 is 2.00 bits per heavy atom. The zero-order chi connectivity index (χ0) is 9.94. The summed E-state index contributed by atoms with van der Waals surface area (Å²) in [4.78, 5) is 20.3. The normalized spacial score (nSPS) is 12.8. The van der Waals surface area contributed by atoms with Gasteiger partial charge in [-0.2, -0.15) is 0 Å². The van der Waals surface area contributed by atoms with Crippen molar-refractivity contribution in [3.05, 3.63) is 10.1 Å². The van der Waals surface area contributed by atoms with Gasteiger partial charge in [0.05, 0.1) is 5.92 Å². The van der Waals surface area contributed by atoms with Crippen LogP contribution in [0.15, 0.2) is 0 Å². The number of rotatable bonds is 4. The zero-order valence-electron chi connectivity index (χ0n) is 7.71. The molecule has 0 fully saturated rings. The van der Waals surface area contributed by atoms with Crippen LogP contribution in [-0.2, 0) is 21.9 Å². The average molecular weight is 239 g/mol. The summed E-state index contributed by atoms with van der Waals surface area (Å²) in [7, 11) is 0. The Morgan fingerprint density at radius 3 is 2.23 bits per heavy atom. The van der Waals surface area contributed by atoms with Crippen molar-refractivity contribution >= 4 is 5.97 Å². The van der Waals surface area contributed by atoms with Crippen LogP contribution in [0.4, 0.5) is 0 Å². The second kappa shape index (κ2) is 5.19. The first kappa shape index (κ1) is 14.9. The number of nitrogens with zero attached hydrogens (tertiary/aromatic N) is 1. The number of hydrogen-bond acceptors (Lipinski definition) is 3. The molecule has 0 saturated heterocycles. The van der Waals surface area contributed by atoms with Crippen molar-refractivity contribution in [2.45, 2.75) is 32.7 Å². The molecule has 0 saturated carbocycles. The van der Waals surface area contributed by atoms with E-state index < -0.39 is 22.3 Å². The van der Waals surface area contributed by atoms with E-state index in [1.807, 2.05) is 0 Å². The molecule has 6 heteroatoms. The first-order chi connectivity index (χ1) is 5.27. The van der Waals surface area contributed by atoms with Crippen LogP contribution in [-0.4, -0.2) is 21.5 Å². The molecular formula is C7H13CuNO4+2. The fraction of sp³-hybridized carbons (Fsp3) is 0.857. The molecular weight excluding hydrogens is 226 g/mol. The van der Waals surface area contributed by atoms with E-state index >= 15 is 0 Å². The van der Waals surface area contributed by atoms with Crippen LogP contribution in [0.1, 0.15) is 27.2 Å². The minimum Gasteiger partial charge on any atom is -0.481 e. The zero-order valence-corrected chi connectivity index (χ0v) is 8.65. The second-order valence-electron chi connectivity index (χ2n) is 3.51. The summed E-state index contributed by atoms with van der Waals surface area (Å²) in [6, 6.07) is 0. The molecule has 1 atom stereocenters. The van der Waals surface area contributed by atoms with Crippen LogP contribution in [0.25, 0.3) is 0 Å². The van der Waals surface area contributed by atoms with E-state index in [9.17, 15) is 14.9 Å². The summed E-state index contributed by atoms with van der Waals surface area (Å²) in [5.41, 5.74) is -1.15. The predicted octanol–water partition coefficient (Wildman–Crippen LogP) is 1.15. The van der Waals surface area contributed by atoms with Crippen molar-refractivity contribution in [2.24, 2.45) is 5.92 Å². The van der Waals surface area contributed by atoms with Crippen molar-refractivity contribution in [1.82, 2.24) is 0 Å². The van der Waals surface area contributed by atoms with E-state index in [0.29, 0.717) is 0 Å². The second-order valence-corrected chi connectivity index (χ2v) is 3.51. The molecule has 0 bridgehead atoms. The summed E-state index contributed by atoms with van der Waals surface area (Å²) in [6.45, 7) is 4.31. The Labute approximate surface area is 87.1 Å². The Morgan fingerprint density at radius 1 is 1.62 bits per heavy atom. The maximum atomic E-state index is 10.4. The summed E-state index contributed by atoms with van der Waals surface area (Å²) in [6.07, 6.45) is 0.0509. The maximum Gasteiger partial charge on any atom is 2.00 e. The van der Waals surface area contributed by atoms with Gasteiger partial charge < -0.3 is 5.11 Å². The third-order valence-corrected chi connectivity index (χ3v) is 1.72. The predicted molar refractivity (Wildman–Crippen MR) is 42.5 cm³/mol. The first-order valence-electron chi connectivity index (χ1n) is 3.64. The first-order valence-corrected chi connectivity index (χ1v) is 3.64. The van der Waals surface area contributed by atoms with Crippen LogP contribution in [0.2, 0.25) is 0 Å². The van der Waals surface area contributed by atoms with Gasteiger partial charge in [0.1, 0.15) is 0 Å².